The first-order valence-corrected chi connectivity index (χ1v) is 11.8. The maximum Gasteiger partial charge on any atom is 0.408 e. The van der Waals surface area contributed by atoms with Crippen molar-refractivity contribution in [3.05, 3.63) is 59.7 Å². The number of hydrogen-bond acceptors (Lipinski definition) is 5. The van der Waals surface area contributed by atoms with E-state index in [-0.39, 0.29) is 11.7 Å². The number of likely N-dealkylation sites (N-methyl/N-ethyl adjacent to an activating group) is 1. The Morgan fingerprint density at radius 1 is 1.06 bits per heavy atom. The number of phenols is 1. The van der Waals surface area contributed by atoms with Gasteiger partial charge in [0.15, 0.2) is 0 Å². The number of alkyl carbamates (subject to hydrolysis) is 1. The van der Waals surface area contributed by atoms with Crippen LogP contribution >= 0.6 is 0 Å². The predicted octanol–water partition coefficient (Wildman–Crippen LogP) is 4.78. The summed E-state index contributed by atoms with van der Waals surface area (Å²) in [7, 11) is 1.53. The van der Waals surface area contributed by atoms with Crippen LogP contribution in [0.4, 0.5) is 10.5 Å². The number of benzene rings is 2. The summed E-state index contributed by atoms with van der Waals surface area (Å²) in [5.74, 6) is -1.01. The van der Waals surface area contributed by atoms with Gasteiger partial charge in [-0.25, -0.2) is 4.79 Å². The molecule has 2 aromatic rings. The van der Waals surface area contributed by atoms with Crippen molar-refractivity contribution in [2.45, 2.75) is 65.6 Å². The monoisotopic (exact) mass is 483 g/mol. The van der Waals surface area contributed by atoms with Gasteiger partial charge in [-0.15, -0.1) is 0 Å². The van der Waals surface area contributed by atoms with Crippen molar-refractivity contribution in [3.8, 4) is 5.75 Å². The largest absolute Gasteiger partial charge is 0.508 e. The summed E-state index contributed by atoms with van der Waals surface area (Å²) < 4.78 is 5.36. The number of anilines is 1. The van der Waals surface area contributed by atoms with Crippen LogP contribution in [0.25, 0.3) is 0 Å². The molecular weight excluding hydrogens is 446 g/mol. The van der Waals surface area contributed by atoms with E-state index < -0.39 is 35.6 Å². The molecule has 2 rings (SSSR count). The van der Waals surface area contributed by atoms with Crippen LogP contribution in [-0.4, -0.2) is 46.6 Å². The van der Waals surface area contributed by atoms with Gasteiger partial charge in [0.05, 0.1) is 0 Å². The molecule has 0 saturated heterocycles. The fourth-order valence-corrected chi connectivity index (χ4v) is 3.59. The molecule has 0 spiro atoms. The number of rotatable bonds is 8. The molecule has 0 radical (unpaired) electrons. The summed E-state index contributed by atoms with van der Waals surface area (Å²) >= 11 is 0. The smallest absolute Gasteiger partial charge is 0.408 e. The van der Waals surface area contributed by atoms with Crippen LogP contribution in [0.15, 0.2) is 48.5 Å². The third-order valence-electron chi connectivity index (χ3n) is 5.75. The van der Waals surface area contributed by atoms with Crippen molar-refractivity contribution >= 4 is 23.6 Å². The molecule has 0 aromatic heterocycles. The number of carbonyl (C=O) groups is 3. The van der Waals surface area contributed by atoms with Gasteiger partial charge in [0.25, 0.3) is 5.91 Å². The van der Waals surface area contributed by atoms with Gasteiger partial charge in [-0.05, 0) is 62.9 Å². The molecule has 0 fully saturated rings. The van der Waals surface area contributed by atoms with Gasteiger partial charge < -0.3 is 25.4 Å². The molecule has 0 bridgehead atoms. The van der Waals surface area contributed by atoms with E-state index in [1.807, 2.05) is 39.0 Å². The first-order valence-electron chi connectivity index (χ1n) is 11.8. The lowest BCUT2D eigenvalue weighted by Gasteiger charge is -2.33. The summed E-state index contributed by atoms with van der Waals surface area (Å²) in [6.45, 7) is 10.9. The Balaban J connectivity index is 2.40. The summed E-state index contributed by atoms with van der Waals surface area (Å²) in [5, 5.41) is 15.3. The van der Waals surface area contributed by atoms with E-state index in [0.717, 1.165) is 5.56 Å². The molecule has 35 heavy (non-hydrogen) atoms. The Bertz CT molecular complexity index is 1030. The number of nitrogens with zero attached hydrogens (tertiary/aromatic N) is 1. The lowest BCUT2D eigenvalue weighted by molar-refractivity contribution is -0.140. The maximum atomic E-state index is 13.7. The molecule has 3 atom stereocenters. The Morgan fingerprint density at radius 3 is 2.20 bits per heavy atom. The second-order valence-electron chi connectivity index (χ2n) is 9.76. The van der Waals surface area contributed by atoms with E-state index in [1.54, 1.807) is 39.0 Å². The highest BCUT2D eigenvalue weighted by Crippen LogP contribution is 2.26. The third kappa shape index (κ3) is 7.73. The van der Waals surface area contributed by atoms with Crippen molar-refractivity contribution in [1.82, 2.24) is 10.2 Å². The number of amides is 3. The van der Waals surface area contributed by atoms with E-state index in [9.17, 15) is 19.5 Å². The molecule has 3 amide bonds. The number of aromatic hydroxyl groups is 1. The fraction of sp³-hybridized carbons (Fsp3) is 0.444. The predicted molar refractivity (Wildman–Crippen MR) is 136 cm³/mol. The van der Waals surface area contributed by atoms with Crippen LogP contribution < -0.4 is 10.6 Å². The SMILES string of the molecule is CCC(C)C(NC(=O)OC(C)(C)C)C(=O)N(C)C(C(=O)Nc1ccccc1C)c1ccc(O)cc1. The third-order valence-corrected chi connectivity index (χ3v) is 5.75. The van der Waals surface area contributed by atoms with Crippen molar-refractivity contribution in [2.24, 2.45) is 5.92 Å². The second-order valence-corrected chi connectivity index (χ2v) is 9.76. The zero-order chi connectivity index (χ0) is 26.3. The first kappa shape index (κ1) is 27.7. The van der Waals surface area contributed by atoms with Gasteiger partial charge in [-0.2, -0.15) is 0 Å². The molecule has 3 unspecified atom stereocenters. The molecule has 190 valence electrons. The Morgan fingerprint density at radius 2 is 1.66 bits per heavy atom. The summed E-state index contributed by atoms with van der Waals surface area (Å²) in [5.41, 5.74) is 1.31. The van der Waals surface area contributed by atoms with Crippen LogP contribution in [0, 0.1) is 12.8 Å². The molecule has 0 heterocycles. The van der Waals surface area contributed by atoms with E-state index in [0.29, 0.717) is 17.7 Å². The lowest BCUT2D eigenvalue weighted by Crippen LogP contribution is -2.53. The van der Waals surface area contributed by atoms with Crippen LogP contribution in [-0.2, 0) is 14.3 Å². The molecule has 0 aliphatic carbocycles. The zero-order valence-corrected chi connectivity index (χ0v) is 21.6. The van der Waals surface area contributed by atoms with Crippen molar-refractivity contribution in [1.29, 1.82) is 0 Å². The Labute approximate surface area is 207 Å². The fourth-order valence-electron chi connectivity index (χ4n) is 3.59. The normalized spacial score (nSPS) is 13.8. The quantitative estimate of drug-likeness (QED) is 0.501. The minimum Gasteiger partial charge on any atom is -0.508 e. The van der Waals surface area contributed by atoms with E-state index in [1.165, 1.54) is 24.1 Å². The van der Waals surface area contributed by atoms with Gasteiger partial charge in [-0.1, -0.05) is 50.6 Å². The van der Waals surface area contributed by atoms with Crippen LogP contribution in [0.5, 0.6) is 5.75 Å². The molecule has 0 aliphatic heterocycles. The average Bonchev–Trinajstić information content (AvgIpc) is 2.78. The highest BCUT2D eigenvalue weighted by atomic mass is 16.6. The molecule has 2 aromatic carbocycles. The minimum atomic E-state index is -1.00. The number of ether oxygens (including phenoxy) is 1. The van der Waals surface area contributed by atoms with Gasteiger partial charge in [0.2, 0.25) is 5.91 Å². The van der Waals surface area contributed by atoms with E-state index in [4.69, 9.17) is 4.74 Å². The minimum absolute atomic E-state index is 0.0462. The number of nitrogens with one attached hydrogen (secondary N) is 2. The van der Waals surface area contributed by atoms with Crippen molar-refractivity contribution < 1.29 is 24.2 Å². The second kappa shape index (κ2) is 11.7. The van der Waals surface area contributed by atoms with E-state index >= 15 is 0 Å². The number of carbonyl (C=O) groups excluding carboxylic acids is 3. The highest BCUT2D eigenvalue weighted by molar-refractivity contribution is 5.99. The molecular formula is C27H37N3O5. The Hall–Kier alpha value is -3.55. The van der Waals surface area contributed by atoms with Gasteiger partial charge in [-0.3, -0.25) is 9.59 Å². The average molecular weight is 484 g/mol. The van der Waals surface area contributed by atoms with Crippen LogP contribution in [0.2, 0.25) is 0 Å². The molecule has 0 saturated carbocycles. The summed E-state index contributed by atoms with van der Waals surface area (Å²) in [6.07, 6.45) is -0.0747. The van der Waals surface area contributed by atoms with Gasteiger partial charge in [0, 0.05) is 12.7 Å². The topological polar surface area (TPSA) is 108 Å². The van der Waals surface area contributed by atoms with Crippen LogP contribution in [0.1, 0.15) is 58.2 Å². The molecule has 8 nitrogen and oxygen atoms in total. The zero-order valence-electron chi connectivity index (χ0n) is 21.6. The number of phenolic OH excluding ortho intramolecular Hbond substituents is 1. The standard InChI is InChI=1S/C27H37N3O5/c1-8-17(2)22(29-26(34)35-27(4,5)6)25(33)30(7)23(19-13-15-20(31)16-14-19)24(32)28-21-12-10-9-11-18(21)3/h9-17,22-23,31H,8H2,1-7H3,(H,28,32)(H,29,34). The van der Waals surface area contributed by atoms with Gasteiger partial charge >= 0.3 is 6.09 Å². The Kier molecular flexibility index (Phi) is 9.28. The first-order chi connectivity index (χ1) is 16.3. The van der Waals surface area contributed by atoms with E-state index in [2.05, 4.69) is 10.6 Å². The molecule has 3 N–H and O–H groups in total. The lowest BCUT2D eigenvalue weighted by atomic mass is 9.96. The van der Waals surface area contributed by atoms with Crippen LogP contribution in [0.3, 0.4) is 0 Å². The van der Waals surface area contributed by atoms with Gasteiger partial charge in [0.1, 0.15) is 23.4 Å². The van der Waals surface area contributed by atoms with Crippen molar-refractivity contribution in [2.75, 3.05) is 12.4 Å². The maximum absolute atomic E-state index is 13.7. The number of para-hydroxylation sites is 1. The summed E-state index contributed by atoms with van der Waals surface area (Å²) in [4.78, 5) is 41.0. The number of hydrogen-bond donors (Lipinski definition) is 3. The molecule has 0 aliphatic rings. The highest BCUT2D eigenvalue weighted by Gasteiger charge is 2.36. The summed E-state index contributed by atoms with van der Waals surface area (Å²) in [6, 6.07) is 11.6. The van der Waals surface area contributed by atoms with Crippen molar-refractivity contribution in [3.63, 3.8) is 0 Å². The number of aryl methyl sites for hydroxylation is 1. The molecule has 8 heteroatoms.